The predicted octanol–water partition coefficient (Wildman–Crippen LogP) is 4.15. The Morgan fingerprint density at radius 3 is 2.63 bits per heavy atom. The first-order valence-electron chi connectivity index (χ1n) is 9.07. The fraction of sp³-hybridized carbons (Fsp3) is 0.333. The number of hydrogen-bond acceptors (Lipinski definition) is 3. The molecular formula is C21H23ClN2O3. The number of halogens is 1. The third-order valence-electron chi connectivity index (χ3n) is 4.84. The van der Waals surface area contributed by atoms with Crippen molar-refractivity contribution in [2.45, 2.75) is 32.2 Å². The first-order valence-corrected chi connectivity index (χ1v) is 9.45. The SMILES string of the molecule is CCc1ccc(NC(=O)C2CCCN2C(=O)c2cc(Cl)ccc2OC)cc1. The van der Waals surface area contributed by atoms with Crippen LogP contribution >= 0.6 is 11.6 Å². The quantitative estimate of drug-likeness (QED) is 0.839. The van der Waals surface area contributed by atoms with Gasteiger partial charge in [0.1, 0.15) is 11.8 Å². The number of anilines is 1. The van der Waals surface area contributed by atoms with E-state index in [1.165, 1.54) is 12.7 Å². The Bertz CT molecular complexity index is 836. The van der Waals surface area contributed by atoms with Gasteiger partial charge in [0.2, 0.25) is 5.91 Å². The number of benzene rings is 2. The van der Waals surface area contributed by atoms with Gasteiger partial charge in [-0.2, -0.15) is 0 Å². The average Bonchev–Trinajstić information content (AvgIpc) is 3.18. The molecule has 6 heteroatoms. The van der Waals surface area contributed by atoms with Gasteiger partial charge in [0.05, 0.1) is 12.7 Å². The molecule has 1 aliphatic rings. The smallest absolute Gasteiger partial charge is 0.258 e. The molecule has 1 fully saturated rings. The molecule has 1 saturated heterocycles. The standard InChI is InChI=1S/C21H23ClN2O3/c1-3-14-6-9-16(10-7-14)23-20(25)18-5-4-12-24(18)21(26)17-13-15(22)8-11-19(17)27-2/h6-11,13,18H,3-5,12H2,1-2H3,(H,23,25). The Morgan fingerprint density at radius 1 is 1.22 bits per heavy atom. The van der Waals surface area contributed by atoms with Crippen molar-refractivity contribution >= 4 is 29.1 Å². The molecule has 1 aliphatic heterocycles. The van der Waals surface area contributed by atoms with Gasteiger partial charge in [0, 0.05) is 17.3 Å². The Kier molecular flexibility index (Phi) is 6.01. The van der Waals surface area contributed by atoms with Gasteiger partial charge in [-0.15, -0.1) is 0 Å². The molecule has 142 valence electrons. The lowest BCUT2D eigenvalue weighted by atomic mass is 10.1. The van der Waals surface area contributed by atoms with Crippen LogP contribution in [0.25, 0.3) is 0 Å². The highest BCUT2D eigenvalue weighted by Gasteiger charge is 2.35. The zero-order chi connectivity index (χ0) is 19.4. The maximum Gasteiger partial charge on any atom is 0.258 e. The molecule has 2 aromatic carbocycles. The molecule has 0 saturated carbocycles. The molecule has 2 amide bonds. The summed E-state index contributed by atoms with van der Waals surface area (Å²) in [6.45, 7) is 2.61. The van der Waals surface area contributed by atoms with Crippen LogP contribution in [-0.2, 0) is 11.2 Å². The fourth-order valence-electron chi connectivity index (χ4n) is 3.33. The topological polar surface area (TPSA) is 58.6 Å². The molecule has 0 spiro atoms. The molecule has 5 nitrogen and oxygen atoms in total. The zero-order valence-electron chi connectivity index (χ0n) is 15.5. The molecule has 27 heavy (non-hydrogen) atoms. The molecule has 3 rings (SSSR count). The van der Waals surface area contributed by atoms with Crippen LogP contribution in [0.1, 0.15) is 35.7 Å². The summed E-state index contributed by atoms with van der Waals surface area (Å²) in [6.07, 6.45) is 2.36. The van der Waals surface area contributed by atoms with E-state index in [1.807, 2.05) is 24.3 Å². The Morgan fingerprint density at radius 2 is 1.96 bits per heavy atom. The summed E-state index contributed by atoms with van der Waals surface area (Å²) in [4.78, 5) is 27.4. The molecule has 0 bridgehead atoms. The number of carbonyl (C=O) groups is 2. The number of hydrogen-bond donors (Lipinski definition) is 1. The molecule has 0 radical (unpaired) electrons. The van der Waals surface area contributed by atoms with E-state index >= 15 is 0 Å². The van der Waals surface area contributed by atoms with Gasteiger partial charge in [-0.05, 0) is 55.2 Å². The molecule has 2 aromatic rings. The summed E-state index contributed by atoms with van der Waals surface area (Å²) in [7, 11) is 1.51. The minimum Gasteiger partial charge on any atom is -0.496 e. The summed E-state index contributed by atoms with van der Waals surface area (Å²) in [5, 5.41) is 3.38. The van der Waals surface area contributed by atoms with Crippen molar-refractivity contribution in [3.05, 3.63) is 58.6 Å². The number of nitrogens with zero attached hydrogens (tertiary/aromatic N) is 1. The third-order valence-corrected chi connectivity index (χ3v) is 5.07. The van der Waals surface area contributed by atoms with Crippen LogP contribution in [0.3, 0.4) is 0 Å². The lowest BCUT2D eigenvalue weighted by Crippen LogP contribution is -2.43. The van der Waals surface area contributed by atoms with Gasteiger partial charge < -0.3 is 15.0 Å². The number of amides is 2. The number of methoxy groups -OCH3 is 1. The Labute approximate surface area is 164 Å². The van der Waals surface area contributed by atoms with Crippen LogP contribution < -0.4 is 10.1 Å². The lowest BCUT2D eigenvalue weighted by molar-refractivity contribution is -0.119. The van der Waals surface area contributed by atoms with Gasteiger partial charge in [-0.25, -0.2) is 0 Å². The minimum atomic E-state index is -0.507. The maximum absolute atomic E-state index is 13.0. The van der Waals surface area contributed by atoms with E-state index in [2.05, 4.69) is 12.2 Å². The van der Waals surface area contributed by atoms with Gasteiger partial charge in [0.25, 0.3) is 5.91 Å². The normalized spacial score (nSPS) is 16.3. The Hall–Kier alpha value is -2.53. The summed E-state index contributed by atoms with van der Waals surface area (Å²) >= 11 is 6.05. The number of carbonyl (C=O) groups excluding carboxylic acids is 2. The van der Waals surface area contributed by atoms with E-state index in [9.17, 15) is 9.59 Å². The molecule has 0 aromatic heterocycles. The highest BCUT2D eigenvalue weighted by molar-refractivity contribution is 6.31. The second-order valence-electron chi connectivity index (χ2n) is 6.54. The van der Waals surface area contributed by atoms with Crippen LogP contribution in [0.2, 0.25) is 5.02 Å². The number of nitrogens with one attached hydrogen (secondary N) is 1. The second kappa shape index (κ2) is 8.44. The first kappa shape index (κ1) is 19.2. The maximum atomic E-state index is 13.0. The van der Waals surface area contributed by atoms with Gasteiger partial charge in [0.15, 0.2) is 0 Å². The average molecular weight is 387 g/mol. The van der Waals surface area contributed by atoms with Crippen LogP contribution in [0, 0.1) is 0 Å². The van der Waals surface area contributed by atoms with Crippen molar-refractivity contribution in [3.63, 3.8) is 0 Å². The van der Waals surface area contributed by atoms with Gasteiger partial charge in [-0.1, -0.05) is 30.7 Å². The van der Waals surface area contributed by atoms with Crippen molar-refractivity contribution < 1.29 is 14.3 Å². The van der Waals surface area contributed by atoms with Crippen molar-refractivity contribution in [2.24, 2.45) is 0 Å². The molecule has 1 atom stereocenters. The molecule has 0 aliphatic carbocycles. The largest absolute Gasteiger partial charge is 0.496 e. The van der Waals surface area contributed by atoms with Crippen LogP contribution in [0.4, 0.5) is 5.69 Å². The van der Waals surface area contributed by atoms with E-state index in [1.54, 1.807) is 23.1 Å². The number of aryl methyl sites for hydroxylation is 1. The first-order chi connectivity index (χ1) is 13.0. The second-order valence-corrected chi connectivity index (χ2v) is 6.98. The number of likely N-dealkylation sites (tertiary alicyclic amines) is 1. The molecule has 1 N–H and O–H groups in total. The summed E-state index contributed by atoms with van der Waals surface area (Å²) in [5.74, 6) is 0.0324. The highest BCUT2D eigenvalue weighted by Crippen LogP contribution is 2.28. The van der Waals surface area contributed by atoms with Gasteiger partial charge >= 0.3 is 0 Å². The van der Waals surface area contributed by atoms with Crippen LogP contribution in [0.5, 0.6) is 5.75 Å². The van der Waals surface area contributed by atoms with Crippen molar-refractivity contribution in [2.75, 3.05) is 19.0 Å². The number of ether oxygens (including phenoxy) is 1. The van der Waals surface area contributed by atoms with Gasteiger partial charge in [-0.3, -0.25) is 9.59 Å². The van der Waals surface area contributed by atoms with Crippen LogP contribution in [-0.4, -0.2) is 36.4 Å². The summed E-state index contributed by atoms with van der Waals surface area (Å²) in [5.41, 5.74) is 2.31. The predicted molar refractivity (Wildman–Crippen MR) is 107 cm³/mol. The minimum absolute atomic E-state index is 0.175. The van der Waals surface area contributed by atoms with Crippen LogP contribution in [0.15, 0.2) is 42.5 Å². The molecule has 1 heterocycles. The zero-order valence-corrected chi connectivity index (χ0v) is 16.3. The van der Waals surface area contributed by atoms with E-state index in [0.717, 1.165) is 18.5 Å². The van der Waals surface area contributed by atoms with Crippen molar-refractivity contribution in [3.8, 4) is 5.75 Å². The Balaban J connectivity index is 1.77. The third kappa shape index (κ3) is 4.25. The summed E-state index contributed by atoms with van der Waals surface area (Å²) < 4.78 is 5.29. The van der Waals surface area contributed by atoms with E-state index < -0.39 is 6.04 Å². The van der Waals surface area contributed by atoms with E-state index in [4.69, 9.17) is 16.3 Å². The summed E-state index contributed by atoms with van der Waals surface area (Å²) in [6, 6.07) is 12.2. The monoisotopic (exact) mass is 386 g/mol. The molecule has 1 unspecified atom stereocenters. The molecular weight excluding hydrogens is 364 g/mol. The fourth-order valence-corrected chi connectivity index (χ4v) is 3.51. The van der Waals surface area contributed by atoms with E-state index in [-0.39, 0.29) is 11.8 Å². The van der Waals surface area contributed by atoms with Crippen molar-refractivity contribution in [1.29, 1.82) is 0 Å². The lowest BCUT2D eigenvalue weighted by Gasteiger charge is -2.25. The number of rotatable bonds is 5. The highest BCUT2D eigenvalue weighted by atomic mass is 35.5. The van der Waals surface area contributed by atoms with E-state index in [0.29, 0.717) is 29.3 Å². The van der Waals surface area contributed by atoms with Crippen molar-refractivity contribution in [1.82, 2.24) is 4.90 Å².